The van der Waals surface area contributed by atoms with E-state index in [4.69, 9.17) is 16.3 Å². The summed E-state index contributed by atoms with van der Waals surface area (Å²) in [5.74, 6) is 1.20. The van der Waals surface area contributed by atoms with E-state index in [1.807, 2.05) is 13.0 Å². The zero-order chi connectivity index (χ0) is 23.4. The molecule has 0 aromatic heterocycles. The van der Waals surface area contributed by atoms with Crippen molar-refractivity contribution >= 4 is 23.4 Å². The molecule has 2 N–H and O–H groups in total. The van der Waals surface area contributed by atoms with Crippen LogP contribution >= 0.6 is 11.6 Å². The molecule has 7 rings (SSSR count). The first kappa shape index (κ1) is 22.7. The molecule has 0 spiro atoms. The van der Waals surface area contributed by atoms with Crippen LogP contribution in [0.3, 0.4) is 0 Å². The summed E-state index contributed by atoms with van der Waals surface area (Å²) in [6, 6.07) is 5.48. The van der Waals surface area contributed by atoms with Gasteiger partial charge in [-0.3, -0.25) is 15.0 Å². The number of piperidine rings is 1. The molecule has 5 aliphatic carbocycles. The van der Waals surface area contributed by atoms with Crippen LogP contribution in [0.2, 0.25) is 5.02 Å². The number of rotatable bonds is 6. The van der Waals surface area contributed by atoms with Gasteiger partial charge in [0.05, 0.1) is 5.41 Å². The van der Waals surface area contributed by atoms with Crippen LogP contribution in [-0.2, 0) is 9.59 Å². The summed E-state index contributed by atoms with van der Waals surface area (Å²) >= 11 is 6.05. The number of nitrogens with zero attached hydrogens (tertiary/aromatic N) is 1. The molecule has 7 heteroatoms. The summed E-state index contributed by atoms with van der Waals surface area (Å²) in [5.41, 5.74) is 4.19. The number of hydrogen-bond acceptors (Lipinski definition) is 4. The number of nitrogens with one attached hydrogen (secondary N) is 2. The molecule has 2 amide bonds. The molecular formula is C26H34ClN3O3. The average molecular weight is 472 g/mol. The van der Waals surface area contributed by atoms with E-state index in [2.05, 4.69) is 21.8 Å². The number of carbonyl (C=O) groups excluding carboxylic acids is 2. The van der Waals surface area contributed by atoms with Crippen LogP contribution < -0.4 is 15.5 Å². The summed E-state index contributed by atoms with van der Waals surface area (Å²) in [5, 5.41) is 6.00. The van der Waals surface area contributed by atoms with Crippen molar-refractivity contribution in [1.29, 1.82) is 0 Å². The number of carbonyl (C=O) groups is 2. The molecule has 1 aromatic rings. The first-order valence-electron chi connectivity index (χ1n) is 12.2. The van der Waals surface area contributed by atoms with Gasteiger partial charge in [-0.1, -0.05) is 29.7 Å². The van der Waals surface area contributed by atoms with Gasteiger partial charge in [-0.2, -0.15) is 0 Å². The third kappa shape index (κ3) is 4.06. The Labute approximate surface area is 201 Å². The molecule has 0 radical (unpaired) electrons. The maximum Gasteiger partial charge on any atom is 0.263 e. The lowest BCUT2D eigenvalue weighted by atomic mass is 9.45. The van der Waals surface area contributed by atoms with E-state index in [1.165, 1.54) is 12.0 Å². The third-order valence-corrected chi connectivity index (χ3v) is 8.35. The minimum Gasteiger partial charge on any atom is -0.478 e. The summed E-state index contributed by atoms with van der Waals surface area (Å²) in [6.07, 6.45) is 8.25. The van der Waals surface area contributed by atoms with Crippen LogP contribution in [-0.4, -0.2) is 41.6 Å². The predicted molar refractivity (Wildman–Crippen MR) is 128 cm³/mol. The van der Waals surface area contributed by atoms with E-state index in [0.717, 1.165) is 50.8 Å². The average Bonchev–Trinajstić information content (AvgIpc) is 2.80. The molecular weight excluding hydrogens is 438 g/mol. The monoisotopic (exact) mass is 471 g/mol. The Balaban J connectivity index is 1.22. The molecule has 1 aliphatic heterocycles. The smallest absolute Gasteiger partial charge is 0.263 e. The van der Waals surface area contributed by atoms with Gasteiger partial charge in [0.25, 0.3) is 5.91 Å². The Morgan fingerprint density at radius 3 is 2.52 bits per heavy atom. The summed E-state index contributed by atoms with van der Waals surface area (Å²) in [4.78, 5) is 26.5. The quantitative estimate of drug-likeness (QED) is 0.611. The van der Waals surface area contributed by atoms with Crippen molar-refractivity contribution in [2.24, 2.45) is 17.3 Å². The standard InChI is InChI=1S/C26H34ClN3O3/c1-16-13-17(27)7-8-21(16)33-25(2,3)23(31)28-22-19-14-26(10-9-18(19)20(22)15-26)24(32)29-30-11-5-4-6-12-30/h7-9,13,19-20,22H,4-6,10-12,14-15H2,1-3H3,(H,28,31)(H,29,32)/t19-,20+,22?,26?. The number of allylic oxidation sites excluding steroid dienone is 1. The Kier molecular flexibility index (Phi) is 5.73. The fourth-order valence-corrected chi connectivity index (χ4v) is 6.40. The van der Waals surface area contributed by atoms with Crippen LogP contribution in [0.1, 0.15) is 57.9 Å². The highest BCUT2D eigenvalue weighted by Gasteiger charge is 2.62. The van der Waals surface area contributed by atoms with E-state index < -0.39 is 5.60 Å². The molecule has 4 fully saturated rings. The molecule has 3 saturated carbocycles. The minimum absolute atomic E-state index is 0.0779. The van der Waals surface area contributed by atoms with E-state index in [9.17, 15) is 9.59 Å². The van der Waals surface area contributed by atoms with Gasteiger partial charge in [-0.05, 0) is 76.6 Å². The Hall–Kier alpha value is -2.05. The molecule has 4 bridgehead atoms. The van der Waals surface area contributed by atoms with Crippen molar-refractivity contribution in [2.75, 3.05) is 13.1 Å². The predicted octanol–water partition coefficient (Wildman–Crippen LogP) is 4.16. The van der Waals surface area contributed by atoms with Crippen LogP contribution in [0, 0.1) is 24.2 Å². The van der Waals surface area contributed by atoms with Crippen molar-refractivity contribution in [3.05, 3.63) is 40.4 Å². The minimum atomic E-state index is -1.01. The molecule has 1 aromatic carbocycles. The molecule has 6 nitrogen and oxygen atoms in total. The summed E-state index contributed by atoms with van der Waals surface area (Å²) in [7, 11) is 0. The normalized spacial score (nSPS) is 30.8. The lowest BCUT2D eigenvalue weighted by molar-refractivity contribution is -0.147. The van der Waals surface area contributed by atoms with E-state index >= 15 is 0 Å². The van der Waals surface area contributed by atoms with Crippen molar-refractivity contribution in [2.45, 2.75) is 70.9 Å². The highest BCUT2D eigenvalue weighted by atomic mass is 35.5. The van der Waals surface area contributed by atoms with Crippen LogP contribution in [0.4, 0.5) is 0 Å². The molecule has 33 heavy (non-hydrogen) atoms. The molecule has 178 valence electrons. The maximum absolute atomic E-state index is 13.3. The molecule has 1 heterocycles. The first-order valence-corrected chi connectivity index (χ1v) is 12.6. The maximum atomic E-state index is 13.3. The van der Waals surface area contributed by atoms with Crippen molar-refractivity contribution in [3.63, 3.8) is 0 Å². The Morgan fingerprint density at radius 2 is 1.85 bits per heavy atom. The fraction of sp³-hybridized carbons (Fsp3) is 0.615. The van der Waals surface area contributed by atoms with Gasteiger partial charge in [0, 0.05) is 36.0 Å². The molecule has 1 saturated heterocycles. The van der Waals surface area contributed by atoms with Gasteiger partial charge < -0.3 is 10.1 Å². The Bertz CT molecular complexity index is 982. The highest BCUT2D eigenvalue weighted by molar-refractivity contribution is 6.30. The third-order valence-electron chi connectivity index (χ3n) is 8.12. The van der Waals surface area contributed by atoms with E-state index in [0.29, 0.717) is 10.8 Å². The van der Waals surface area contributed by atoms with Crippen molar-refractivity contribution in [1.82, 2.24) is 15.8 Å². The zero-order valence-corrected chi connectivity index (χ0v) is 20.5. The molecule has 4 atom stereocenters. The molecule has 2 unspecified atom stereocenters. The second-order valence-corrected chi connectivity index (χ2v) is 11.3. The second-order valence-electron chi connectivity index (χ2n) is 10.8. The Morgan fingerprint density at radius 1 is 1.15 bits per heavy atom. The van der Waals surface area contributed by atoms with Crippen molar-refractivity contribution < 1.29 is 14.3 Å². The van der Waals surface area contributed by atoms with E-state index in [-0.39, 0.29) is 35.1 Å². The first-order chi connectivity index (χ1) is 15.7. The highest BCUT2D eigenvalue weighted by Crippen LogP contribution is 2.62. The second kappa shape index (κ2) is 8.31. The SMILES string of the molecule is Cc1cc(Cl)ccc1OC(C)(C)C(=O)NC1[C@@H]2CC3(C(=O)NN4CCCCC4)CC=C2[C@@H]1C3. The summed E-state index contributed by atoms with van der Waals surface area (Å²) < 4.78 is 6.09. The van der Waals surface area contributed by atoms with Gasteiger partial charge >= 0.3 is 0 Å². The number of amides is 2. The number of ether oxygens (including phenoxy) is 1. The molecule has 6 aliphatic rings. The lowest BCUT2D eigenvalue weighted by Gasteiger charge is -2.61. The number of benzene rings is 1. The number of hydrazine groups is 1. The van der Waals surface area contributed by atoms with Gasteiger partial charge in [0.15, 0.2) is 5.60 Å². The van der Waals surface area contributed by atoms with Gasteiger partial charge in [-0.15, -0.1) is 0 Å². The van der Waals surface area contributed by atoms with Gasteiger partial charge in [0.2, 0.25) is 5.91 Å². The topological polar surface area (TPSA) is 70.7 Å². The zero-order valence-electron chi connectivity index (χ0n) is 19.7. The number of halogens is 1. The van der Waals surface area contributed by atoms with Crippen molar-refractivity contribution in [3.8, 4) is 5.75 Å². The van der Waals surface area contributed by atoms with Crippen LogP contribution in [0.25, 0.3) is 0 Å². The number of hydrogen-bond donors (Lipinski definition) is 2. The fourth-order valence-electron chi connectivity index (χ4n) is 6.17. The largest absolute Gasteiger partial charge is 0.478 e. The van der Waals surface area contributed by atoms with Gasteiger partial charge in [0.1, 0.15) is 5.75 Å². The van der Waals surface area contributed by atoms with Crippen LogP contribution in [0.5, 0.6) is 5.75 Å². The van der Waals surface area contributed by atoms with Crippen LogP contribution in [0.15, 0.2) is 29.8 Å². The van der Waals surface area contributed by atoms with Gasteiger partial charge in [-0.25, -0.2) is 5.01 Å². The van der Waals surface area contributed by atoms with E-state index in [1.54, 1.807) is 26.0 Å². The summed E-state index contributed by atoms with van der Waals surface area (Å²) in [6.45, 7) is 7.39. The number of fused-ring (bicyclic) bond motifs is 1. The lowest BCUT2D eigenvalue weighted by Crippen LogP contribution is -2.68. The number of aryl methyl sites for hydroxylation is 1.